The van der Waals surface area contributed by atoms with Gasteiger partial charge in [-0.15, -0.1) is 12.4 Å². The number of nitrogens with zero attached hydrogens (tertiary/aromatic N) is 1. The van der Waals surface area contributed by atoms with Crippen LogP contribution < -0.4 is 10.4 Å². The van der Waals surface area contributed by atoms with Gasteiger partial charge >= 0.3 is 5.63 Å². The van der Waals surface area contributed by atoms with Crippen LogP contribution in [0, 0.1) is 5.92 Å². The summed E-state index contributed by atoms with van der Waals surface area (Å²) in [4.78, 5) is 14.8. The number of unbranched alkanes of at least 4 members (excludes halogenated alkanes) is 1. The minimum atomic E-state index is -0.303. The van der Waals surface area contributed by atoms with Gasteiger partial charge < -0.3 is 14.1 Å². The van der Waals surface area contributed by atoms with Crippen molar-refractivity contribution >= 4 is 34.1 Å². The summed E-state index contributed by atoms with van der Waals surface area (Å²) in [5.74, 6) is 1.57. The maximum Gasteiger partial charge on any atom is 0.344 e. The van der Waals surface area contributed by atoms with E-state index in [0.717, 1.165) is 41.8 Å². The van der Waals surface area contributed by atoms with Gasteiger partial charge in [0.1, 0.15) is 11.3 Å². The summed E-state index contributed by atoms with van der Waals surface area (Å²) in [6, 6.07) is 24.2. The van der Waals surface area contributed by atoms with Gasteiger partial charge in [0.2, 0.25) is 0 Å². The maximum absolute atomic E-state index is 12.3. The first-order valence-corrected chi connectivity index (χ1v) is 12.1. The molecule has 3 aromatic carbocycles. The highest BCUT2D eigenvalue weighted by Crippen LogP contribution is 2.26. The monoisotopic (exact) mass is 477 g/mol. The lowest BCUT2D eigenvalue weighted by atomic mass is 9.90. The molecule has 1 fully saturated rings. The molecule has 5 rings (SSSR count). The van der Waals surface area contributed by atoms with Crippen LogP contribution in [0.5, 0.6) is 5.75 Å². The third-order valence-electron chi connectivity index (χ3n) is 6.80. The third-order valence-corrected chi connectivity index (χ3v) is 6.80. The average Bonchev–Trinajstić information content (AvgIpc) is 2.85. The van der Waals surface area contributed by atoms with Crippen LogP contribution in [0.25, 0.3) is 21.7 Å². The topological polar surface area (TPSA) is 42.7 Å². The predicted molar refractivity (Wildman–Crippen MR) is 141 cm³/mol. The molecule has 0 amide bonds. The van der Waals surface area contributed by atoms with Crippen molar-refractivity contribution < 1.29 is 9.15 Å². The molecule has 0 atom stereocenters. The number of hydrogen-bond acceptors (Lipinski definition) is 4. The SMILES string of the molecule is Cl.O=c1oc2cc(OCCCCN3CCC(Cc4ccccc4)CC3)ccc2c2ccccc12. The molecule has 5 heteroatoms. The second-order valence-electron chi connectivity index (χ2n) is 9.12. The largest absolute Gasteiger partial charge is 0.493 e. The van der Waals surface area contributed by atoms with E-state index in [0.29, 0.717) is 17.6 Å². The molecule has 2 heterocycles. The number of ether oxygens (including phenoxy) is 1. The molecule has 34 heavy (non-hydrogen) atoms. The zero-order chi connectivity index (χ0) is 22.5. The molecule has 4 nitrogen and oxygen atoms in total. The lowest BCUT2D eigenvalue weighted by Gasteiger charge is -2.32. The Morgan fingerprint density at radius 2 is 1.59 bits per heavy atom. The fourth-order valence-electron chi connectivity index (χ4n) is 4.94. The highest BCUT2D eigenvalue weighted by Gasteiger charge is 2.19. The Hall–Kier alpha value is -2.82. The fourth-order valence-corrected chi connectivity index (χ4v) is 4.94. The van der Waals surface area contributed by atoms with Crippen LogP contribution in [0.15, 0.2) is 82.0 Å². The Kier molecular flexibility index (Phi) is 8.25. The van der Waals surface area contributed by atoms with Crippen molar-refractivity contribution in [3.63, 3.8) is 0 Å². The molecule has 0 spiro atoms. The first kappa shape index (κ1) is 24.3. The van der Waals surface area contributed by atoms with Gasteiger partial charge in [0.05, 0.1) is 12.0 Å². The number of halogens is 1. The van der Waals surface area contributed by atoms with Crippen LogP contribution in [0.1, 0.15) is 31.2 Å². The van der Waals surface area contributed by atoms with Crippen molar-refractivity contribution in [2.24, 2.45) is 5.92 Å². The molecule has 0 bridgehead atoms. The van der Waals surface area contributed by atoms with Gasteiger partial charge in [0.15, 0.2) is 0 Å². The second-order valence-corrected chi connectivity index (χ2v) is 9.12. The molecule has 1 aliphatic rings. The van der Waals surface area contributed by atoms with Crippen LogP contribution in [-0.4, -0.2) is 31.1 Å². The highest BCUT2D eigenvalue weighted by atomic mass is 35.5. The van der Waals surface area contributed by atoms with Crippen LogP contribution in [0.3, 0.4) is 0 Å². The summed E-state index contributed by atoms with van der Waals surface area (Å²) in [7, 11) is 0. The van der Waals surface area contributed by atoms with Gasteiger partial charge in [0, 0.05) is 11.5 Å². The van der Waals surface area contributed by atoms with E-state index >= 15 is 0 Å². The molecular formula is C29H32ClNO3. The van der Waals surface area contributed by atoms with Crippen molar-refractivity contribution in [3.05, 3.63) is 88.8 Å². The molecule has 0 aliphatic carbocycles. The molecule has 1 aliphatic heterocycles. The maximum atomic E-state index is 12.3. The molecule has 0 N–H and O–H groups in total. The van der Waals surface area contributed by atoms with Gasteiger partial charge in [-0.3, -0.25) is 0 Å². The Labute approximate surface area is 206 Å². The fraction of sp³-hybridized carbons (Fsp3) is 0.345. The van der Waals surface area contributed by atoms with Gasteiger partial charge in [0.25, 0.3) is 0 Å². The molecule has 0 saturated carbocycles. The third kappa shape index (κ3) is 5.81. The Morgan fingerprint density at radius 1 is 0.853 bits per heavy atom. The number of fused-ring (bicyclic) bond motifs is 3. The van der Waals surface area contributed by atoms with E-state index in [1.165, 1.54) is 37.9 Å². The Bertz CT molecular complexity index is 1260. The first-order chi connectivity index (χ1) is 16.3. The molecule has 1 aromatic heterocycles. The van der Waals surface area contributed by atoms with Crippen molar-refractivity contribution in [2.75, 3.05) is 26.2 Å². The molecule has 0 radical (unpaired) electrons. The summed E-state index contributed by atoms with van der Waals surface area (Å²) in [5.41, 5.74) is 1.74. The summed E-state index contributed by atoms with van der Waals surface area (Å²) >= 11 is 0. The van der Waals surface area contributed by atoms with Crippen molar-refractivity contribution in [2.45, 2.75) is 32.1 Å². The Morgan fingerprint density at radius 3 is 2.38 bits per heavy atom. The average molecular weight is 478 g/mol. The highest BCUT2D eigenvalue weighted by molar-refractivity contribution is 6.04. The van der Waals surface area contributed by atoms with Gasteiger partial charge in [-0.05, 0) is 86.8 Å². The smallest absolute Gasteiger partial charge is 0.344 e. The minimum Gasteiger partial charge on any atom is -0.493 e. The van der Waals surface area contributed by atoms with Crippen LogP contribution in [-0.2, 0) is 6.42 Å². The quantitative estimate of drug-likeness (QED) is 0.165. The van der Waals surface area contributed by atoms with Crippen molar-refractivity contribution in [1.82, 2.24) is 4.90 Å². The van der Waals surface area contributed by atoms with E-state index in [1.807, 2.05) is 36.4 Å². The van der Waals surface area contributed by atoms with Crippen LogP contribution in [0.2, 0.25) is 0 Å². The molecular weight excluding hydrogens is 446 g/mol. The van der Waals surface area contributed by atoms with Gasteiger partial charge in [-0.25, -0.2) is 4.79 Å². The normalized spacial score (nSPS) is 14.8. The number of benzene rings is 3. The van der Waals surface area contributed by atoms with Gasteiger partial charge in [-0.2, -0.15) is 0 Å². The van der Waals surface area contributed by atoms with E-state index in [2.05, 4.69) is 35.2 Å². The van der Waals surface area contributed by atoms with Gasteiger partial charge in [-0.1, -0.05) is 48.5 Å². The number of piperidine rings is 1. The van der Waals surface area contributed by atoms with E-state index < -0.39 is 0 Å². The number of rotatable bonds is 8. The predicted octanol–water partition coefficient (Wildman–Crippen LogP) is 6.48. The van der Waals surface area contributed by atoms with E-state index in [1.54, 1.807) is 6.07 Å². The molecule has 178 valence electrons. The van der Waals surface area contributed by atoms with Crippen LogP contribution in [0.4, 0.5) is 0 Å². The molecule has 0 unspecified atom stereocenters. The number of likely N-dealkylation sites (tertiary alicyclic amines) is 1. The first-order valence-electron chi connectivity index (χ1n) is 12.1. The lowest BCUT2D eigenvalue weighted by molar-refractivity contribution is 0.177. The second kappa shape index (κ2) is 11.5. The molecule has 1 saturated heterocycles. The number of hydrogen-bond donors (Lipinski definition) is 0. The Balaban J connectivity index is 0.00000274. The van der Waals surface area contributed by atoms with E-state index in [-0.39, 0.29) is 18.0 Å². The summed E-state index contributed by atoms with van der Waals surface area (Å²) in [6.45, 7) is 4.22. The zero-order valence-electron chi connectivity index (χ0n) is 19.4. The standard InChI is InChI=1S/C29H31NO3.ClH/c31-29-27-11-5-4-10-25(27)26-13-12-24(21-28(26)33-29)32-19-7-6-16-30-17-14-23(15-18-30)20-22-8-2-1-3-9-22;/h1-5,8-13,21,23H,6-7,14-20H2;1H. The van der Waals surface area contributed by atoms with Crippen LogP contribution >= 0.6 is 12.4 Å². The summed E-state index contributed by atoms with van der Waals surface area (Å²) in [5, 5.41) is 2.47. The molecule has 4 aromatic rings. The lowest BCUT2D eigenvalue weighted by Crippen LogP contribution is -2.35. The van der Waals surface area contributed by atoms with Crippen molar-refractivity contribution in [1.29, 1.82) is 0 Å². The minimum absolute atomic E-state index is 0. The zero-order valence-corrected chi connectivity index (χ0v) is 20.3. The van der Waals surface area contributed by atoms with E-state index in [9.17, 15) is 4.79 Å². The summed E-state index contributed by atoms with van der Waals surface area (Å²) in [6.07, 6.45) is 5.95. The van der Waals surface area contributed by atoms with E-state index in [4.69, 9.17) is 9.15 Å². The van der Waals surface area contributed by atoms with Crippen molar-refractivity contribution in [3.8, 4) is 5.75 Å². The summed E-state index contributed by atoms with van der Waals surface area (Å²) < 4.78 is 11.5.